The largest absolute Gasteiger partial charge is 0.372 e. The molecule has 1 aromatic heterocycles. The van der Waals surface area contributed by atoms with Gasteiger partial charge in [0.15, 0.2) is 5.76 Å². The normalized spacial score (nSPS) is 16.9. The molecule has 114 valence electrons. The molecule has 0 aliphatic carbocycles. The maximum absolute atomic E-state index is 5.67. The van der Waals surface area contributed by atoms with Crippen LogP contribution < -0.4 is 5.32 Å². The van der Waals surface area contributed by atoms with Crippen LogP contribution in [0.4, 0.5) is 0 Å². The number of hydrogen-bond acceptors (Lipinski definition) is 5. The number of hydrogen-bond donors (Lipinski definition) is 1. The summed E-state index contributed by atoms with van der Waals surface area (Å²) in [5.74, 6) is 0.809. The molecule has 0 amide bonds. The molecule has 1 aliphatic rings. The Balaban J connectivity index is 1.59. The lowest BCUT2D eigenvalue weighted by Gasteiger charge is -2.25. The minimum absolute atomic E-state index is 0.455. The van der Waals surface area contributed by atoms with Gasteiger partial charge in [0.05, 0.1) is 12.3 Å². The Labute approximate surface area is 121 Å². The minimum Gasteiger partial charge on any atom is -0.372 e. The number of likely N-dealkylation sites (tertiary alicyclic amines) is 1. The van der Waals surface area contributed by atoms with Crippen LogP contribution in [0.2, 0.25) is 0 Å². The highest BCUT2D eigenvalue weighted by atomic mass is 16.5. The van der Waals surface area contributed by atoms with Crippen LogP contribution in [0.25, 0.3) is 0 Å². The standard InChI is InChI=1S/C15H27N3O2/c1-13(2)16-11-14-10-15(20-17-14)12-19-9-8-18-6-4-3-5-7-18/h10,13,16H,3-9,11-12H2,1-2H3. The van der Waals surface area contributed by atoms with Crippen molar-refractivity contribution in [3.8, 4) is 0 Å². The van der Waals surface area contributed by atoms with Gasteiger partial charge in [-0.1, -0.05) is 25.4 Å². The molecular weight excluding hydrogens is 254 g/mol. The Morgan fingerprint density at radius 2 is 2.15 bits per heavy atom. The van der Waals surface area contributed by atoms with Crippen molar-refractivity contribution in [3.05, 3.63) is 17.5 Å². The summed E-state index contributed by atoms with van der Waals surface area (Å²) in [5.41, 5.74) is 0.938. The third kappa shape index (κ3) is 5.61. The number of rotatable bonds is 8. The van der Waals surface area contributed by atoms with E-state index in [4.69, 9.17) is 9.26 Å². The van der Waals surface area contributed by atoms with Crippen LogP contribution in [-0.4, -0.2) is 42.3 Å². The van der Waals surface area contributed by atoms with Gasteiger partial charge in [-0.3, -0.25) is 0 Å². The maximum Gasteiger partial charge on any atom is 0.162 e. The first-order chi connectivity index (χ1) is 9.74. The topological polar surface area (TPSA) is 50.5 Å². The first kappa shape index (κ1) is 15.5. The second-order valence-electron chi connectivity index (χ2n) is 5.78. The average Bonchev–Trinajstić information content (AvgIpc) is 2.90. The minimum atomic E-state index is 0.455. The molecule has 1 N–H and O–H groups in total. The van der Waals surface area contributed by atoms with Crippen molar-refractivity contribution in [1.29, 1.82) is 0 Å². The molecule has 1 fully saturated rings. The van der Waals surface area contributed by atoms with Crippen molar-refractivity contribution in [3.63, 3.8) is 0 Å². The Morgan fingerprint density at radius 1 is 1.35 bits per heavy atom. The van der Waals surface area contributed by atoms with E-state index in [0.29, 0.717) is 12.6 Å². The van der Waals surface area contributed by atoms with Crippen LogP contribution in [0.1, 0.15) is 44.6 Å². The van der Waals surface area contributed by atoms with E-state index in [-0.39, 0.29) is 0 Å². The SMILES string of the molecule is CC(C)NCc1cc(COCCN2CCCCC2)on1. The number of nitrogens with one attached hydrogen (secondary N) is 1. The molecule has 20 heavy (non-hydrogen) atoms. The summed E-state index contributed by atoms with van der Waals surface area (Å²) in [6, 6.07) is 2.42. The highest BCUT2D eigenvalue weighted by Gasteiger charge is 2.10. The molecule has 0 saturated carbocycles. The van der Waals surface area contributed by atoms with E-state index in [1.807, 2.05) is 6.07 Å². The first-order valence-corrected chi connectivity index (χ1v) is 7.72. The Hall–Kier alpha value is -0.910. The summed E-state index contributed by atoms with van der Waals surface area (Å²) in [4.78, 5) is 2.47. The lowest BCUT2D eigenvalue weighted by atomic mass is 10.1. The van der Waals surface area contributed by atoms with Crippen molar-refractivity contribution in [2.75, 3.05) is 26.2 Å². The smallest absolute Gasteiger partial charge is 0.162 e. The van der Waals surface area contributed by atoms with Crippen LogP contribution in [0.15, 0.2) is 10.6 Å². The Bertz CT molecular complexity index is 373. The molecule has 0 atom stereocenters. The molecule has 2 heterocycles. The fourth-order valence-corrected chi connectivity index (χ4v) is 2.37. The number of ether oxygens (including phenoxy) is 1. The van der Waals surface area contributed by atoms with E-state index in [0.717, 1.165) is 31.2 Å². The molecule has 0 spiro atoms. The number of aromatic nitrogens is 1. The molecule has 1 aromatic rings. The van der Waals surface area contributed by atoms with Crippen LogP contribution in [-0.2, 0) is 17.9 Å². The fraction of sp³-hybridized carbons (Fsp3) is 0.800. The zero-order valence-corrected chi connectivity index (χ0v) is 12.7. The Kier molecular flexibility index (Phi) is 6.50. The molecule has 5 nitrogen and oxygen atoms in total. The van der Waals surface area contributed by atoms with Gasteiger partial charge in [-0.05, 0) is 25.9 Å². The third-order valence-electron chi connectivity index (χ3n) is 3.54. The molecule has 0 bridgehead atoms. The van der Waals surface area contributed by atoms with Crippen LogP contribution >= 0.6 is 0 Å². The summed E-state index contributed by atoms with van der Waals surface area (Å²) in [7, 11) is 0. The lowest BCUT2D eigenvalue weighted by molar-refractivity contribution is 0.0733. The summed E-state index contributed by atoms with van der Waals surface area (Å²) in [6.07, 6.45) is 4.03. The van der Waals surface area contributed by atoms with Crippen molar-refractivity contribution < 1.29 is 9.26 Å². The van der Waals surface area contributed by atoms with Gasteiger partial charge < -0.3 is 19.5 Å². The molecule has 1 saturated heterocycles. The highest BCUT2D eigenvalue weighted by molar-refractivity contribution is 5.04. The average molecular weight is 281 g/mol. The molecule has 0 radical (unpaired) electrons. The van der Waals surface area contributed by atoms with E-state index in [9.17, 15) is 0 Å². The van der Waals surface area contributed by atoms with Gasteiger partial charge in [0.1, 0.15) is 6.61 Å². The van der Waals surface area contributed by atoms with Gasteiger partial charge >= 0.3 is 0 Å². The summed E-state index contributed by atoms with van der Waals surface area (Å²) >= 11 is 0. The summed E-state index contributed by atoms with van der Waals surface area (Å²) < 4.78 is 10.9. The van der Waals surface area contributed by atoms with E-state index < -0.39 is 0 Å². The van der Waals surface area contributed by atoms with E-state index in [2.05, 4.69) is 29.2 Å². The van der Waals surface area contributed by atoms with E-state index >= 15 is 0 Å². The zero-order valence-electron chi connectivity index (χ0n) is 12.7. The predicted molar refractivity (Wildman–Crippen MR) is 78.4 cm³/mol. The van der Waals surface area contributed by atoms with Crippen LogP contribution in [0.5, 0.6) is 0 Å². The molecule has 5 heteroatoms. The second kappa shape index (κ2) is 8.39. The van der Waals surface area contributed by atoms with Gasteiger partial charge in [0.2, 0.25) is 0 Å². The third-order valence-corrected chi connectivity index (χ3v) is 3.54. The van der Waals surface area contributed by atoms with Crippen LogP contribution in [0, 0.1) is 0 Å². The monoisotopic (exact) mass is 281 g/mol. The van der Waals surface area contributed by atoms with Crippen molar-refractivity contribution >= 4 is 0 Å². The van der Waals surface area contributed by atoms with Gasteiger partial charge in [-0.25, -0.2) is 0 Å². The second-order valence-corrected chi connectivity index (χ2v) is 5.78. The van der Waals surface area contributed by atoms with Gasteiger partial charge in [0, 0.05) is 25.2 Å². The van der Waals surface area contributed by atoms with Gasteiger partial charge in [-0.2, -0.15) is 0 Å². The fourth-order valence-electron chi connectivity index (χ4n) is 2.37. The number of nitrogens with zero attached hydrogens (tertiary/aromatic N) is 2. The lowest BCUT2D eigenvalue weighted by Crippen LogP contribution is -2.32. The molecule has 1 aliphatic heterocycles. The van der Waals surface area contributed by atoms with E-state index in [1.54, 1.807) is 0 Å². The maximum atomic E-state index is 5.67. The van der Waals surface area contributed by atoms with Gasteiger partial charge in [-0.15, -0.1) is 0 Å². The quantitative estimate of drug-likeness (QED) is 0.740. The molecular formula is C15H27N3O2. The zero-order chi connectivity index (χ0) is 14.2. The Morgan fingerprint density at radius 3 is 2.90 bits per heavy atom. The van der Waals surface area contributed by atoms with Crippen molar-refractivity contribution in [2.45, 2.75) is 52.3 Å². The van der Waals surface area contributed by atoms with Crippen molar-refractivity contribution in [1.82, 2.24) is 15.4 Å². The van der Waals surface area contributed by atoms with E-state index in [1.165, 1.54) is 32.4 Å². The predicted octanol–water partition coefficient (Wildman–Crippen LogP) is 2.18. The van der Waals surface area contributed by atoms with Crippen LogP contribution in [0.3, 0.4) is 0 Å². The van der Waals surface area contributed by atoms with Crippen molar-refractivity contribution in [2.24, 2.45) is 0 Å². The molecule has 0 unspecified atom stereocenters. The summed E-state index contributed by atoms with van der Waals surface area (Å²) in [5, 5.41) is 7.34. The molecule has 0 aromatic carbocycles. The first-order valence-electron chi connectivity index (χ1n) is 7.72. The summed E-state index contributed by atoms with van der Waals surface area (Å²) in [6.45, 7) is 9.72. The highest BCUT2D eigenvalue weighted by Crippen LogP contribution is 2.09. The number of piperidine rings is 1. The van der Waals surface area contributed by atoms with Gasteiger partial charge in [0.25, 0.3) is 0 Å². The molecule has 2 rings (SSSR count).